The van der Waals surface area contributed by atoms with Crippen LogP contribution in [0.4, 0.5) is 5.69 Å². The molecule has 0 saturated heterocycles. The third-order valence-electron chi connectivity index (χ3n) is 2.60. The van der Waals surface area contributed by atoms with E-state index in [2.05, 4.69) is 5.32 Å². The number of amides is 1. The summed E-state index contributed by atoms with van der Waals surface area (Å²) in [6, 6.07) is 7.51. The predicted octanol–water partition coefficient (Wildman–Crippen LogP) is 2.06. The highest BCUT2D eigenvalue weighted by atomic mass is 16.3. The second-order valence-electron chi connectivity index (χ2n) is 3.98. The average Bonchev–Trinajstić information content (AvgIpc) is 2.85. The van der Waals surface area contributed by atoms with Crippen LogP contribution in [-0.4, -0.2) is 11.0 Å². The fourth-order valence-electron chi connectivity index (χ4n) is 1.62. The molecule has 0 aliphatic rings. The van der Waals surface area contributed by atoms with Crippen molar-refractivity contribution in [3.8, 4) is 5.75 Å². The molecule has 94 valence electrons. The number of nitrogen functional groups attached to an aromatic ring is 1. The Hall–Kier alpha value is -2.43. The van der Waals surface area contributed by atoms with Crippen LogP contribution in [0.3, 0.4) is 0 Å². The number of anilines is 1. The molecule has 0 aliphatic heterocycles. The monoisotopic (exact) mass is 246 g/mol. The van der Waals surface area contributed by atoms with E-state index in [4.69, 9.17) is 10.2 Å². The molecule has 0 spiro atoms. The molecule has 18 heavy (non-hydrogen) atoms. The molecule has 5 heteroatoms. The van der Waals surface area contributed by atoms with Crippen molar-refractivity contribution in [1.29, 1.82) is 0 Å². The number of benzene rings is 1. The van der Waals surface area contributed by atoms with Crippen molar-refractivity contribution in [2.45, 2.75) is 13.0 Å². The zero-order valence-electron chi connectivity index (χ0n) is 9.88. The SMILES string of the molecule is CC(NC(=O)c1cc(O)ccc1N)c1ccco1. The lowest BCUT2D eigenvalue weighted by atomic mass is 10.1. The minimum atomic E-state index is -0.354. The van der Waals surface area contributed by atoms with E-state index in [1.54, 1.807) is 25.3 Å². The summed E-state index contributed by atoms with van der Waals surface area (Å²) in [5, 5.41) is 12.1. The van der Waals surface area contributed by atoms with Gasteiger partial charge < -0.3 is 20.6 Å². The Morgan fingerprint density at radius 3 is 2.89 bits per heavy atom. The Balaban J connectivity index is 2.15. The van der Waals surface area contributed by atoms with Gasteiger partial charge in [0.05, 0.1) is 17.9 Å². The van der Waals surface area contributed by atoms with Crippen LogP contribution in [0, 0.1) is 0 Å². The molecule has 1 heterocycles. The molecule has 1 aromatic heterocycles. The van der Waals surface area contributed by atoms with Crippen molar-refractivity contribution in [2.75, 3.05) is 5.73 Å². The van der Waals surface area contributed by atoms with Crippen LogP contribution < -0.4 is 11.1 Å². The maximum absolute atomic E-state index is 12.0. The summed E-state index contributed by atoms with van der Waals surface area (Å²) >= 11 is 0. The molecule has 1 unspecified atom stereocenters. The highest BCUT2D eigenvalue weighted by Crippen LogP contribution is 2.20. The molecule has 0 bridgehead atoms. The Labute approximate surface area is 104 Å². The second-order valence-corrected chi connectivity index (χ2v) is 3.98. The third kappa shape index (κ3) is 2.45. The van der Waals surface area contributed by atoms with E-state index in [0.717, 1.165) is 0 Å². The molecule has 4 N–H and O–H groups in total. The van der Waals surface area contributed by atoms with Gasteiger partial charge in [-0.2, -0.15) is 0 Å². The summed E-state index contributed by atoms with van der Waals surface area (Å²) in [6.07, 6.45) is 1.54. The van der Waals surface area contributed by atoms with Crippen molar-refractivity contribution in [3.05, 3.63) is 47.9 Å². The number of rotatable bonds is 3. The van der Waals surface area contributed by atoms with Gasteiger partial charge in [-0.05, 0) is 37.3 Å². The van der Waals surface area contributed by atoms with Crippen LogP contribution in [0.25, 0.3) is 0 Å². The van der Waals surface area contributed by atoms with E-state index in [0.29, 0.717) is 11.4 Å². The Morgan fingerprint density at radius 2 is 2.22 bits per heavy atom. The number of hydrogen-bond donors (Lipinski definition) is 3. The fourth-order valence-corrected chi connectivity index (χ4v) is 1.62. The van der Waals surface area contributed by atoms with Gasteiger partial charge in [0.2, 0.25) is 0 Å². The first-order valence-corrected chi connectivity index (χ1v) is 5.50. The van der Waals surface area contributed by atoms with E-state index < -0.39 is 0 Å². The topological polar surface area (TPSA) is 88.5 Å². The molecule has 1 atom stereocenters. The summed E-state index contributed by atoms with van der Waals surface area (Å²) in [5.74, 6) is 0.300. The van der Waals surface area contributed by atoms with E-state index in [9.17, 15) is 9.90 Å². The minimum absolute atomic E-state index is 0.00000155. The third-order valence-corrected chi connectivity index (χ3v) is 2.60. The lowest BCUT2D eigenvalue weighted by Gasteiger charge is -2.12. The quantitative estimate of drug-likeness (QED) is 0.571. The Kier molecular flexibility index (Phi) is 3.23. The highest BCUT2D eigenvalue weighted by molar-refractivity contribution is 5.99. The van der Waals surface area contributed by atoms with Gasteiger partial charge in [-0.1, -0.05) is 0 Å². The molecule has 1 amide bonds. The zero-order chi connectivity index (χ0) is 13.1. The fraction of sp³-hybridized carbons (Fsp3) is 0.154. The molecular formula is C13H14N2O3. The van der Waals surface area contributed by atoms with Gasteiger partial charge >= 0.3 is 0 Å². The van der Waals surface area contributed by atoms with Gasteiger partial charge in [0.15, 0.2) is 0 Å². The summed E-state index contributed by atoms with van der Waals surface area (Å²) in [6.45, 7) is 1.80. The first-order chi connectivity index (χ1) is 8.58. The summed E-state index contributed by atoms with van der Waals surface area (Å²) in [5.41, 5.74) is 6.25. The van der Waals surface area contributed by atoms with Crippen LogP contribution >= 0.6 is 0 Å². The van der Waals surface area contributed by atoms with Gasteiger partial charge in [-0.15, -0.1) is 0 Å². The molecule has 0 aliphatic carbocycles. The van der Waals surface area contributed by atoms with Crippen LogP contribution in [0.15, 0.2) is 41.0 Å². The van der Waals surface area contributed by atoms with Crippen LogP contribution in [0.1, 0.15) is 29.1 Å². The number of furan rings is 1. The first kappa shape index (κ1) is 12.0. The number of phenolic OH excluding ortho intramolecular Hbond substituents is 1. The smallest absolute Gasteiger partial charge is 0.254 e. The molecule has 0 fully saturated rings. The van der Waals surface area contributed by atoms with E-state index in [1.165, 1.54) is 18.2 Å². The highest BCUT2D eigenvalue weighted by Gasteiger charge is 2.15. The van der Waals surface area contributed by atoms with E-state index >= 15 is 0 Å². The molecule has 2 rings (SSSR count). The number of aromatic hydroxyl groups is 1. The second kappa shape index (κ2) is 4.83. The summed E-state index contributed by atoms with van der Waals surface area (Å²) < 4.78 is 5.19. The number of phenols is 1. The summed E-state index contributed by atoms with van der Waals surface area (Å²) in [7, 11) is 0. The lowest BCUT2D eigenvalue weighted by Crippen LogP contribution is -2.27. The maximum Gasteiger partial charge on any atom is 0.254 e. The average molecular weight is 246 g/mol. The first-order valence-electron chi connectivity index (χ1n) is 5.50. The van der Waals surface area contributed by atoms with Crippen LogP contribution in [-0.2, 0) is 0 Å². The number of nitrogens with one attached hydrogen (secondary N) is 1. The van der Waals surface area contributed by atoms with Gasteiger partial charge in [0.25, 0.3) is 5.91 Å². The molecule has 0 saturated carbocycles. The molecule has 2 aromatic rings. The van der Waals surface area contributed by atoms with E-state index in [1.807, 2.05) is 0 Å². The van der Waals surface area contributed by atoms with Gasteiger partial charge in [0, 0.05) is 5.69 Å². The van der Waals surface area contributed by atoms with Crippen molar-refractivity contribution in [1.82, 2.24) is 5.32 Å². The van der Waals surface area contributed by atoms with Gasteiger partial charge in [-0.3, -0.25) is 4.79 Å². The Morgan fingerprint density at radius 1 is 1.44 bits per heavy atom. The number of carbonyl (C=O) groups excluding carboxylic acids is 1. The van der Waals surface area contributed by atoms with Crippen LogP contribution in [0.5, 0.6) is 5.75 Å². The summed E-state index contributed by atoms with van der Waals surface area (Å²) in [4.78, 5) is 12.0. The molecular weight excluding hydrogens is 232 g/mol. The molecule has 0 radical (unpaired) electrons. The minimum Gasteiger partial charge on any atom is -0.508 e. The zero-order valence-corrected chi connectivity index (χ0v) is 9.88. The Bertz CT molecular complexity index is 549. The van der Waals surface area contributed by atoms with Crippen molar-refractivity contribution >= 4 is 11.6 Å². The molecule has 5 nitrogen and oxygen atoms in total. The number of carbonyl (C=O) groups is 1. The standard InChI is InChI=1S/C13H14N2O3/c1-8(12-3-2-6-18-12)15-13(17)10-7-9(16)4-5-11(10)14/h2-8,16H,14H2,1H3,(H,15,17). The van der Waals surface area contributed by atoms with Gasteiger partial charge in [0.1, 0.15) is 11.5 Å². The van der Waals surface area contributed by atoms with E-state index in [-0.39, 0.29) is 23.3 Å². The van der Waals surface area contributed by atoms with Crippen molar-refractivity contribution in [2.24, 2.45) is 0 Å². The number of hydrogen-bond acceptors (Lipinski definition) is 4. The number of nitrogens with two attached hydrogens (primary N) is 1. The van der Waals surface area contributed by atoms with Crippen molar-refractivity contribution < 1.29 is 14.3 Å². The normalized spacial score (nSPS) is 12.1. The largest absolute Gasteiger partial charge is 0.508 e. The van der Waals surface area contributed by atoms with Crippen LogP contribution in [0.2, 0.25) is 0 Å². The lowest BCUT2D eigenvalue weighted by molar-refractivity contribution is 0.0936. The van der Waals surface area contributed by atoms with Crippen molar-refractivity contribution in [3.63, 3.8) is 0 Å². The maximum atomic E-state index is 12.0. The predicted molar refractivity (Wildman–Crippen MR) is 67.1 cm³/mol. The van der Waals surface area contributed by atoms with Gasteiger partial charge in [-0.25, -0.2) is 0 Å². The molecule has 1 aromatic carbocycles.